The van der Waals surface area contributed by atoms with E-state index in [9.17, 15) is 14.0 Å². The minimum absolute atomic E-state index is 0.0194. The first-order valence-corrected chi connectivity index (χ1v) is 10.2. The van der Waals surface area contributed by atoms with Crippen molar-refractivity contribution in [3.05, 3.63) is 70.6 Å². The first-order valence-electron chi connectivity index (χ1n) is 10.2. The van der Waals surface area contributed by atoms with Crippen LogP contribution in [0.3, 0.4) is 0 Å². The van der Waals surface area contributed by atoms with E-state index < -0.39 is 5.92 Å². The van der Waals surface area contributed by atoms with Gasteiger partial charge in [-0.15, -0.1) is 0 Å². The van der Waals surface area contributed by atoms with Crippen LogP contribution in [0.15, 0.2) is 48.0 Å². The number of rotatable bonds is 3. The number of carbonyl (C=O) groups is 2. The Balaban J connectivity index is 1.65. The zero-order chi connectivity index (χ0) is 20.5. The molecular formula is C25H25FO3. The second-order valence-electron chi connectivity index (χ2n) is 8.11. The molecule has 3 nitrogen and oxygen atoms in total. The SMILES string of the molecule is Cc1cc(-c2ccc(F)cc2)cc(C)c1C1C(=O)CC(=CC2CCOCC2)C1=O. The molecule has 0 bridgehead atoms. The molecule has 0 aromatic heterocycles. The molecule has 2 aromatic carbocycles. The summed E-state index contributed by atoms with van der Waals surface area (Å²) in [5, 5.41) is 0. The average Bonchev–Trinajstić information content (AvgIpc) is 2.96. The van der Waals surface area contributed by atoms with Crippen molar-refractivity contribution in [2.75, 3.05) is 13.2 Å². The number of hydrogen-bond acceptors (Lipinski definition) is 3. The van der Waals surface area contributed by atoms with Gasteiger partial charge in [0.05, 0.1) is 0 Å². The first-order chi connectivity index (χ1) is 13.9. The topological polar surface area (TPSA) is 43.4 Å². The van der Waals surface area contributed by atoms with Crippen LogP contribution in [-0.2, 0) is 14.3 Å². The maximum atomic E-state index is 13.2. The van der Waals surface area contributed by atoms with Crippen molar-refractivity contribution >= 4 is 11.6 Å². The molecule has 0 amide bonds. The molecule has 1 aliphatic carbocycles. The van der Waals surface area contributed by atoms with Gasteiger partial charge in [-0.3, -0.25) is 9.59 Å². The van der Waals surface area contributed by atoms with Gasteiger partial charge in [0.1, 0.15) is 11.7 Å². The Kier molecular flexibility index (Phi) is 5.46. The quantitative estimate of drug-likeness (QED) is 0.540. The molecule has 0 N–H and O–H groups in total. The predicted octanol–water partition coefficient (Wildman–Crippen LogP) is 5.09. The number of Topliss-reactive ketones (excluding diaryl/α,β-unsaturated/α-hetero) is 2. The predicted molar refractivity (Wildman–Crippen MR) is 110 cm³/mol. The lowest BCUT2D eigenvalue weighted by Gasteiger charge is -2.19. The van der Waals surface area contributed by atoms with Gasteiger partial charge in [0.15, 0.2) is 11.6 Å². The van der Waals surface area contributed by atoms with Crippen molar-refractivity contribution in [2.45, 2.75) is 39.0 Å². The van der Waals surface area contributed by atoms with Gasteiger partial charge >= 0.3 is 0 Å². The molecule has 0 spiro atoms. The fraction of sp³-hybridized carbons (Fsp3) is 0.360. The number of hydrogen-bond donors (Lipinski definition) is 0. The summed E-state index contributed by atoms with van der Waals surface area (Å²) in [4.78, 5) is 25.9. The molecule has 150 valence electrons. The van der Waals surface area contributed by atoms with Gasteiger partial charge in [0.2, 0.25) is 0 Å². The number of halogens is 1. The Hall–Kier alpha value is -2.59. The van der Waals surface area contributed by atoms with Crippen molar-refractivity contribution < 1.29 is 18.7 Å². The minimum atomic E-state index is -0.705. The third-order valence-electron chi connectivity index (χ3n) is 6.03. The fourth-order valence-electron chi connectivity index (χ4n) is 4.55. The fourth-order valence-corrected chi connectivity index (χ4v) is 4.55. The molecule has 1 unspecified atom stereocenters. The number of ketones is 2. The highest BCUT2D eigenvalue weighted by Gasteiger charge is 2.40. The van der Waals surface area contributed by atoms with E-state index in [1.807, 2.05) is 32.1 Å². The van der Waals surface area contributed by atoms with Gasteiger partial charge in [0, 0.05) is 19.6 Å². The smallest absolute Gasteiger partial charge is 0.173 e. The van der Waals surface area contributed by atoms with Crippen LogP contribution < -0.4 is 0 Å². The molecule has 1 saturated carbocycles. The van der Waals surface area contributed by atoms with Gasteiger partial charge in [-0.05, 0) is 78.1 Å². The minimum Gasteiger partial charge on any atom is -0.381 e. The Labute approximate surface area is 170 Å². The summed E-state index contributed by atoms with van der Waals surface area (Å²) in [6.45, 7) is 5.30. The van der Waals surface area contributed by atoms with Crippen molar-refractivity contribution in [1.82, 2.24) is 0 Å². The number of benzene rings is 2. The van der Waals surface area contributed by atoms with E-state index in [0.717, 1.165) is 40.7 Å². The normalized spacial score (nSPS) is 21.9. The van der Waals surface area contributed by atoms with Crippen LogP contribution in [0, 0.1) is 25.6 Å². The molecule has 29 heavy (non-hydrogen) atoms. The van der Waals surface area contributed by atoms with Gasteiger partial charge in [-0.2, -0.15) is 0 Å². The monoisotopic (exact) mass is 392 g/mol. The third-order valence-corrected chi connectivity index (χ3v) is 6.03. The molecule has 1 atom stereocenters. The van der Waals surface area contributed by atoms with Gasteiger partial charge in [-0.1, -0.05) is 30.3 Å². The second-order valence-corrected chi connectivity index (χ2v) is 8.11. The zero-order valence-electron chi connectivity index (χ0n) is 16.8. The molecule has 2 aromatic rings. The van der Waals surface area contributed by atoms with Gasteiger partial charge in [-0.25, -0.2) is 4.39 Å². The Bertz CT molecular complexity index is 959. The van der Waals surface area contributed by atoms with Gasteiger partial charge < -0.3 is 4.74 Å². The summed E-state index contributed by atoms with van der Waals surface area (Å²) in [5.74, 6) is -0.735. The summed E-state index contributed by atoms with van der Waals surface area (Å²) < 4.78 is 18.6. The molecule has 1 saturated heterocycles. The summed E-state index contributed by atoms with van der Waals surface area (Å²) in [5.41, 5.74) is 5.19. The number of carbonyl (C=O) groups excluding carboxylic acids is 2. The highest BCUT2D eigenvalue weighted by Crippen LogP contribution is 2.38. The Morgan fingerprint density at radius 3 is 2.21 bits per heavy atom. The van der Waals surface area contributed by atoms with E-state index in [4.69, 9.17) is 4.74 Å². The van der Waals surface area contributed by atoms with Gasteiger partial charge in [0.25, 0.3) is 0 Å². The maximum absolute atomic E-state index is 13.2. The second kappa shape index (κ2) is 8.03. The van der Waals surface area contributed by atoms with Crippen LogP contribution in [-0.4, -0.2) is 24.8 Å². The standard InChI is InChI=1S/C25H25FO3/c1-15-11-19(18-3-5-21(26)6-4-18)12-16(2)23(15)24-22(27)14-20(25(24)28)13-17-7-9-29-10-8-17/h3-6,11-13,17,24H,7-10,14H2,1-2H3. The van der Waals surface area contributed by atoms with Crippen molar-refractivity contribution in [1.29, 1.82) is 0 Å². The van der Waals surface area contributed by atoms with Crippen LogP contribution in [0.5, 0.6) is 0 Å². The van der Waals surface area contributed by atoms with E-state index in [1.54, 1.807) is 12.1 Å². The largest absolute Gasteiger partial charge is 0.381 e. The van der Waals surface area contributed by atoms with Crippen molar-refractivity contribution in [2.24, 2.45) is 5.92 Å². The van der Waals surface area contributed by atoms with Crippen molar-refractivity contribution in [3.63, 3.8) is 0 Å². The number of allylic oxidation sites excluding steroid dienone is 2. The molecule has 1 aliphatic heterocycles. The first kappa shape index (κ1) is 19.7. The molecule has 2 fully saturated rings. The molecule has 2 aliphatic rings. The Morgan fingerprint density at radius 1 is 0.966 bits per heavy atom. The van der Waals surface area contributed by atoms with Crippen LogP contribution in [0.2, 0.25) is 0 Å². The highest BCUT2D eigenvalue weighted by molar-refractivity contribution is 6.23. The lowest BCUT2D eigenvalue weighted by atomic mass is 9.85. The van der Waals surface area contributed by atoms with E-state index in [-0.39, 0.29) is 23.8 Å². The van der Waals surface area contributed by atoms with Crippen LogP contribution >= 0.6 is 0 Å². The lowest BCUT2D eigenvalue weighted by molar-refractivity contribution is -0.123. The average molecular weight is 392 g/mol. The molecule has 0 radical (unpaired) electrons. The Morgan fingerprint density at radius 2 is 1.59 bits per heavy atom. The molecule has 1 heterocycles. The van der Waals surface area contributed by atoms with E-state index in [1.165, 1.54) is 12.1 Å². The van der Waals surface area contributed by atoms with Crippen LogP contribution in [0.25, 0.3) is 11.1 Å². The van der Waals surface area contributed by atoms with E-state index >= 15 is 0 Å². The van der Waals surface area contributed by atoms with E-state index in [2.05, 4.69) is 0 Å². The summed E-state index contributed by atoms with van der Waals surface area (Å²) in [6, 6.07) is 10.3. The zero-order valence-corrected chi connectivity index (χ0v) is 16.8. The third kappa shape index (κ3) is 3.95. The van der Waals surface area contributed by atoms with Crippen LogP contribution in [0.4, 0.5) is 4.39 Å². The molecular weight excluding hydrogens is 367 g/mol. The number of ether oxygens (including phenoxy) is 1. The van der Waals surface area contributed by atoms with Crippen molar-refractivity contribution in [3.8, 4) is 11.1 Å². The van der Waals surface area contributed by atoms with Crippen LogP contribution in [0.1, 0.15) is 41.9 Å². The lowest BCUT2D eigenvalue weighted by Crippen LogP contribution is -2.17. The van der Waals surface area contributed by atoms with E-state index in [0.29, 0.717) is 24.7 Å². The highest BCUT2D eigenvalue weighted by atomic mass is 19.1. The summed E-state index contributed by atoms with van der Waals surface area (Å²) >= 11 is 0. The number of aryl methyl sites for hydroxylation is 2. The molecule has 4 rings (SSSR count). The maximum Gasteiger partial charge on any atom is 0.173 e. The summed E-state index contributed by atoms with van der Waals surface area (Å²) in [6.07, 6.45) is 4.04. The summed E-state index contributed by atoms with van der Waals surface area (Å²) in [7, 11) is 0. The molecule has 4 heteroatoms.